The minimum atomic E-state index is 0.934. The summed E-state index contributed by atoms with van der Waals surface area (Å²) in [5.74, 6) is 0.953. The molecule has 2 aromatic carbocycles. The van der Waals surface area contributed by atoms with E-state index in [0.29, 0.717) is 0 Å². The molecule has 0 saturated heterocycles. The third kappa shape index (κ3) is 2.44. The Morgan fingerprint density at radius 3 is 2.85 bits per heavy atom. The molecular formula is C17H20N2O. The summed E-state index contributed by atoms with van der Waals surface area (Å²) in [4.78, 5) is 2.42. The maximum atomic E-state index is 5.32. The fourth-order valence-electron chi connectivity index (χ4n) is 2.77. The first kappa shape index (κ1) is 12.9. The molecule has 1 heterocycles. The molecule has 0 spiro atoms. The lowest BCUT2D eigenvalue weighted by atomic mass is 10.1. The SMILES string of the molecule is COc1ccc(CN2CCNc3ccccc32)cc1C. The van der Waals surface area contributed by atoms with E-state index in [9.17, 15) is 0 Å². The van der Waals surface area contributed by atoms with Crippen LogP contribution in [0.1, 0.15) is 11.1 Å². The van der Waals surface area contributed by atoms with Crippen molar-refractivity contribution in [3.63, 3.8) is 0 Å². The zero-order valence-corrected chi connectivity index (χ0v) is 12.0. The first-order chi connectivity index (χ1) is 9.78. The molecule has 3 rings (SSSR count). The van der Waals surface area contributed by atoms with E-state index in [-0.39, 0.29) is 0 Å². The molecular weight excluding hydrogens is 248 g/mol. The smallest absolute Gasteiger partial charge is 0.121 e. The summed E-state index contributed by atoms with van der Waals surface area (Å²) in [6, 6.07) is 14.9. The van der Waals surface area contributed by atoms with Gasteiger partial charge in [-0.25, -0.2) is 0 Å². The van der Waals surface area contributed by atoms with Crippen LogP contribution in [0.25, 0.3) is 0 Å². The van der Waals surface area contributed by atoms with Crippen LogP contribution >= 0.6 is 0 Å². The van der Waals surface area contributed by atoms with Crippen molar-refractivity contribution in [2.24, 2.45) is 0 Å². The predicted octanol–water partition coefficient (Wildman–Crippen LogP) is 3.44. The van der Waals surface area contributed by atoms with Gasteiger partial charge >= 0.3 is 0 Å². The summed E-state index contributed by atoms with van der Waals surface area (Å²) in [5.41, 5.74) is 5.02. The Labute approximate surface area is 120 Å². The maximum absolute atomic E-state index is 5.32. The number of aryl methyl sites for hydroxylation is 1. The number of hydrogen-bond acceptors (Lipinski definition) is 3. The Morgan fingerprint density at radius 1 is 1.20 bits per heavy atom. The van der Waals surface area contributed by atoms with Crippen molar-refractivity contribution in [1.29, 1.82) is 0 Å². The Hall–Kier alpha value is -2.16. The van der Waals surface area contributed by atoms with Crippen molar-refractivity contribution < 1.29 is 4.74 Å². The highest BCUT2D eigenvalue weighted by atomic mass is 16.5. The Kier molecular flexibility index (Phi) is 3.50. The standard InChI is InChI=1S/C17H20N2O/c1-13-11-14(7-8-17(13)20-2)12-19-10-9-18-15-5-3-4-6-16(15)19/h3-8,11,18H,9-10,12H2,1-2H3. The lowest BCUT2D eigenvalue weighted by Crippen LogP contribution is -2.33. The van der Waals surface area contributed by atoms with Gasteiger partial charge in [0.2, 0.25) is 0 Å². The lowest BCUT2D eigenvalue weighted by molar-refractivity contribution is 0.411. The summed E-state index contributed by atoms with van der Waals surface area (Å²) >= 11 is 0. The van der Waals surface area contributed by atoms with Gasteiger partial charge in [0.25, 0.3) is 0 Å². The van der Waals surface area contributed by atoms with Crippen LogP contribution in [0, 0.1) is 6.92 Å². The quantitative estimate of drug-likeness (QED) is 0.923. The Balaban J connectivity index is 1.84. The molecule has 3 heteroatoms. The molecule has 0 saturated carbocycles. The van der Waals surface area contributed by atoms with E-state index >= 15 is 0 Å². The van der Waals surface area contributed by atoms with Crippen LogP contribution in [0.2, 0.25) is 0 Å². The lowest BCUT2D eigenvalue weighted by Gasteiger charge is -2.32. The minimum Gasteiger partial charge on any atom is -0.496 e. The van der Waals surface area contributed by atoms with Gasteiger partial charge in [0, 0.05) is 19.6 Å². The molecule has 20 heavy (non-hydrogen) atoms. The number of ether oxygens (including phenoxy) is 1. The van der Waals surface area contributed by atoms with Gasteiger partial charge in [-0.05, 0) is 36.2 Å². The second-order valence-electron chi connectivity index (χ2n) is 5.17. The van der Waals surface area contributed by atoms with Crippen molar-refractivity contribution in [3.05, 3.63) is 53.6 Å². The van der Waals surface area contributed by atoms with Gasteiger partial charge < -0.3 is 15.0 Å². The number of hydrogen-bond donors (Lipinski definition) is 1. The first-order valence-corrected chi connectivity index (χ1v) is 6.99. The second kappa shape index (κ2) is 5.45. The van der Waals surface area contributed by atoms with Gasteiger partial charge in [-0.3, -0.25) is 0 Å². The van der Waals surface area contributed by atoms with Gasteiger partial charge in [-0.2, -0.15) is 0 Å². The molecule has 0 fully saturated rings. The van der Waals surface area contributed by atoms with Gasteiger partial charge in [0.05, 0.1) is 18.5 Å². The molecule has 3 nitrogen and oxygen atoms in total. The fourth-order valence-corrected chi connectivity index (χ4v) is 2.77. The van der Waals surface area contributed by atoms with Gasteiger partial charge in [0.15, 0.2) is 0 Å². The van der Waals surface area contributed by atoms with Crippen LogP contribution in [0.15, 0.2) is 42.5 Å². The first-order valence-electron chi connectivity index (χ1n) is 6.99. The third-order valence-electron chi connectivity index (χ3n) is 3.77. The van der Waals surface area contributed by atoms with E-state index in [1.54, 1.807) is 7.11 Å². The van der Waals surface area contributed by atoms with E-state index in [1.165, 1.54) is 22.5 Å². The van der Waals surface area contributed by atoms with Crippen molar-refractivity contribution in [1.82, 2.24) is 0 Å². The van der Waals surface area contributed by atoms with Crippen molar-refractivity contribution in [2.75, 3.05) is 30.4 Å². The molecule has 0 bridgehead atoms. The number of methoxy groups -OCH3 is 1. The van der Waals surface area contributed by atoms with Gasteiger partial charge in [0.1, 0.15) is 5.75 Å². The topological polar surface area (TPSA) is 24.5 Å². The molecule has 2 aromatic rings. The van der Waals surface area contributed by atoms with Crippen LogP contribution < -0.4 is 15.0 Å². The summed E-state index contributed by atoms with van der Waals surface area (Å²) in [5, 5.41) is 3.45. The zero-order valence-electron chi connectivity index (χ0n) is 12.0. The highest BCUT2D eigenvalue weighted by Gasteiger charge is 2.16. The van der Waals surface area contributed by atoms with Crippen molar-refractivity contribution in [2.45, 2.75) is 13.5 Å². The fraction of sp³-hybridized carbons (Fsp3) is 0.294. The molecule has 0 atom stereocenters. The number of nitrogens with one attached hydrogen (secondary N) is 1. The summed E-state index contributed by atoms with van der Waals surface area (Å²) < 4.78 is 5.32. The van der Waals surface area contributed by atoms with E-state index < -0.39 is 0 Å². The van der Waals surface area contributed by atoms with Crippen LogP contribution in [-0.2, 0) is 6.54 Å². The zero-order chi connectivity index (χ0) is 13.9. The van der Waals surface area contributed by atoms with E-state index in [0.717, 1.165) is 25.4 Å². The molecule has 0 radical (unpaired) electrons. The average Bonchev–Trinajstić information content (AvgIpc) is 2.48. The number of rotatable bonds is 3. The second-order valence-corrected chi connectivity index (χ2v) is 5.17. The number of anilines is 2. The normalized spacial score (nSPS) is 13.6. The number of benzene rings is 2. The summed E-state index contributed by atoms with van der Waals surface area (Å²) in [7, 11) is 1.72. The summed E-state index contributed by atoms with van der Waals surface area (Å²) in [6.45, 7) is 5.05. The largest absolute Gasteiger partial charge is 0.496 e. The molecule has 1 aliphatic rings. The van der Waals surface area contributed by atoms with E-state index in [2.05, 4.69) is 59.6 Å². The van der Waals surface area contributed by atoms with Gasteiger partial charge in [-0.1, -0.05) is 24.3 Å². The van der Waals surface area contributed by atoms with Gasteiger partial charge in [-0.15, -0.1) is 0 Å². The average molecular weight is 268 g/mol. The monoisotopic (exact) mass is 268 g/mol. The highest BCUT2D eigenvalue weighted by Crippen LogP contribution is 2.30. The van der Waals surface area contributed by atoms with E-state index in [1.807, 2.05) is 0 Å². The van der Waals surface area contributed by atoms with Crippen LogP contribution in [0.4, 0.5) is 11.4 Å². The van der Waals surface area contributed by atoms with Crippen LogP contribution in [0.5, 0.6) is 5.75 Å². The third-order valence-corrected chi connectivity index (χ3v) is 3.77. The Bertz CT molecular complexity index is 610. The molecule has 0 amide bonds. The van der Waals surface area contributed by atoms with Crippen molar-refractivity contribution in [3.8, 4) is 5.75 Å². The Morgan fingerprint density at radius 2 is 2.05 bits per heavy atom. The number of nitrogens with zero attached hydrogens (tertiary/aromatic N) is 1. The molecule has 1 N–H and O–H groups in total. The highest BCUT2D eigenvalue weighted by molar-refractivity contribution is 5.72. The molecule has 1 aliphatic heterocycles. The maximum Gasteiger partial charge on any atom is 0.121 e. The number of para-hydroxylation sites is 2. The summed E-state index contributed by atoms with van der Waals surface area (Å²) in [6.07, 6.45) is 0. The van der Waals surface area contributed by atoms with Crippen LogP contribution in [-0.4, -0.2) is 20.2 Å². The van der Waals surface area contributed by atoms with Crippen LogP contribution in [0.3, 0.4) is 0 Å². The minimum absolute atomic E-state index is 0.934. The molecule has 0 aliphatic carbocycles. The molecule has 0 unspecified atom stereocenters. The number of fused-ring (bicyclic) bond motifs is 1. The van der Waals surface area contributed by atoms with Crippen molar-refractivity contribution >= 4 is 11.4 Å². The predicted molar refractivity (Wildman–Crippen MR) is 83.7 cm³/mol. The molecule has 104 valence electrons. The molecule has 0 aromatic heterocycles. The van der Waals surface area contributed by atoms with E-state index in [4.69, 9.17) is 4.74 Å².